The Morgan fingerprint density at radius 1 is 0.892 bits per heavy atom. The number of rotatable bonds is 10. The van der Waals surface area contributed by atoms with Crippen LogP contribution < -0.4 is 20.9 Å². The summed E-state index contributed by atoms with van der Waals surface area (Å²) in [6.45, 7) is 4.19. The second kappa shape index (κ2) is 12.0. The maximum atomic E-state index is 13.3. The molecule has 0 radical (unpaired) electrons. The van der Waals surface area contributed by atoms with Crippen LogP contribution in [0.1, 0.15) is 12.8 Å². The van der Waals surface area contributed by atoms with Gasteiger partial charge < -0.3 is 25.6 Å². The smallest absolute Gasteiger partial charge is 0.233 e. The molecule has 1 aliphatic rings. The Morgan fingerprint density at radius 2 is 1.65 bits per heavy atom. The lowest BCUT2D eigenvalue weighted by Crippen LogP contribution is -2.37. The highest BCUT2D eigenvalue weighted by Crippen LogP contribution is 2.24. The van der Waals surface area contributed by atoms with Crippen LogP contribution in [0.2, 0.25) is 5.02 Å². The minimum absolute atomic E-state index is 0.298. The van der Waals surface area contributed by atoms with Gasteiger partial charge in [-0.1, -0.05) is 11.6 Å². The number of pyridine rings is 1. The van der Waals surface area contributed by atoms with Crippen LogP contribution in [0.3, 0.4) is 0 Å². The fourth-order valence-electron chi connectivity index (χ4n) is 4.02. The molecule has 9 nitrogen and oxygen atoms in total. The molecule has 0 unspecified atom stereocenters. The van der Waals surface area contributed by atoms with Gasteiger partial charge in [0.1, 0.15) is 5.82 Å². The molecule has 1 fully saturated rings. The van der Waals surface area contributed by atoms with E-state index in [-0.39, 0.29) is 5.82 Å². The highest BCUT2D eigenvalue weighted by molar-refractivity contribution is 6.31. The standard InChI is InChI=1S/C26H28ClFN8O/c27-18-3-8-21-22(9-12-30-23(21)17-18)29-10-1-2-11-31-24-33-25(32-20-6-4-19(28)5-7-20)35-26(34-24)36-13-15-37-16-14-36/h3-9,12,17H,1-2,10-11,13-16H2,(H,29,30)(H2,31,32,33,34,35). The van der Waals surface area contributed by atoms with Crippen LogP contribution in [0, 0.1) is 5.82 Å². The van der Waals surface area contributed by atoms with Crippen molar-refractivity contribution in [3.8, 4) is 0 Å². The van der Waals surface area contributed by atoms with E-state index in [4.69, 9.17) is 16.3 Å². The molecule has 3 heterocycles. The Hall–Kier alpha value is -3.76. The van der Waals surface area contributed by atoms with E-state index in [0.29, 0.717) is 61.4 Å². The van der Waals surface area contributed by atoms with Crippen LogP contribution in [-0.4, -0.2) is 59.3 Å². The molecule has 3 N–H and O–H groups in total. The lowest BCUT2D eigenvalue weighted by atomic mass is 10.2. The van der Waals surface area contributed by atoms with Crippen molar-refractivity contribution in [1.82, 2.24) is 19.9 Å². The first-order valence-corrected chi connectivity index (χ1v) is 12.7. The van der Waals surface area contributed by atoms with Gasteiger partial charge >= 0.3 is 0 Å². The maximum Gasteiger partial charge on any atom is 0.233 e. The topological polar surface area (TPSA) is 100 Å². The minimum atomic E-state index is -0.298. The van der Waals surface area contributed by atoms with Crippen LogP contribution in [-0.2, 0) is 4.74 Å². The Morgan fingerprint density at radius 3 is 2.46 bits per heavy atom. The van der Waals surface area contributed by atoms with Gasteiger partial charge in [0.25, 0.3) is 0 Å². The van der Waals surface area contributed by atoms with Crippen LogP contribution >= 0.6 is 11.6 Å². The molecule has 0 aliphatic carbocycles. The third kappa shape index (κ3) is 6.72. The summed E-state index contributed by atoms with van der Waals surface area (Å²) < 4.78 is 18.8. The van der Waals surface area contributed by atoms with E-state index in [1.165, 1.54) is 12.1 Å². The first-order valence-electron chi connectivity index (χ1n) is 12.3. The summed E-state index contributed by atoms with van der Waals surface area (Å²) in [5, 5.41) is 11.7. The molecular formula is C26H28ClFN8O. The Bertz CT molecular complexity index is 1330. The van der Waals surface area contributed by atoms with E-state index < -0.39 is 0 Å². The normalized spacial score (nSPS) is 13.5. The average molecular weight is 523 g/mol. The summed E-state index contributed by atoms with van der Waals surface area (Å²) in [7, 11) is 0. The van der Waals surface area contributed by atoms with Gasteiger partial charge in [-0.2, -0.15) is 15.0 Å². The molecular weight excluding hydrogens is 495 g/mol. The van der Waals surface area contributed by atoms with E-state index in [2.05, 4.69) is 40.8 Å². The molecule has 4 aromatic rings. The van der Waals surface area contributed by atoms with Gasteiger partial charge in [0.05, 0.1) is 18.7 Å². The fraction of sp³-hybridized carbons (Fsp3) is 0.308. The molecule has 1 aliphatic heterocycles. The fourth-order valence-corrected chi connectivity index (χ4v) is 4.18. The number of morpholine rings is 1. The summed E-state index contributed by atoms with van der Waals surface area (Å²) in [4.78, 5) is 20.2. The first kappa shape index (κ1) is 24.9. The molecule has 37 heavy (non-hydrogen) atoms. The van der Waals surface area contributed by atoms with E-state index in [1.54, 1.807) is 18.3 Å². The van der Waals surface area contributed by atoms with Crippen LogP contribution in [0.4, 0.5) is 33.6 Å². The van der Waals surface area contributed by atoms with Crippen molar-refractivity contribution in [3.63, 3.8) is 0 Å². The number of ether oxygens (including phenoxy) is 1. The monoisotopic (exact) mass is 522 g/mol. The van der Waals surface area contributed by atoms with Gasteiger partial charge in [0, 0.05) is 54.2 Å². The highest BCUT2D eigenvalue weighted by Gasteiger charge is 2.17. The largest absolute Gasteiger partial charge is 0.384 e. The van der Waals surface area contributed by atoms with Gasteiger partial charge in [-0.3, -0.25) is 4.98 Å². The number of hydrogen-bond donors (Lipinski definition) is 3. The van der Waals surface area contributed by atoms with Gasteiger partial charge in [0.2, 0.25) is 17.8 Å². The molecule has 192 valence electrons. The van der Waals surface area contributed by atoms with Crippen molar-refractivity contribution in [2.45, 2.75) is 12.8 Å². The summed E-state index contributed by atoms with van der Waals surface area (Å²) in [6.07, 6.45) is 3.65. The van der Waals surface area contributed by atoms with Gasteiger partial charge in [0.15, 0.2) is 0 Å². The molecule has 5 rings (SSSR count). The maximum absolute atomic E-state index is 13.3. The molecule has 0 spiro atoms. The number of nitrogens with one attached hydrogen (secondary N) is 3. The lowest BCUT2D eigenvalue weighted by Gasteiger charge is -2.27. The van der Waals surface area contributed by atoms with Crippen molar-refractivity contribution >= 4 is 51.7 Å². The van der Waals surface area contributed by atoms with E-state index >= 15 is 0 Å². The van der Waals surface area contributed by atoms with Crippen molar-refractivity contribution in [2.24, 2.45) is 0 Å². The SMILES string of the molecule is Fc1ccc(Nc2nc(NCCCCNc3ccnc4cc(Cl)ccc34)nc(N3CCOCC3)n2)cc1. The molecule has 0 bridgehead atoms. The van der Waals surface area contributed by atoms with Gasteiger partial charge in [-0.25, -0.2) is 4.39 Å². The quantitative estimate of drug-likeness (QED) is 0.246. The summed E-state index contributed by atoms with van der Waals surface area (Å²) in [5.41, 5.74) is 2.61. The summed E-state index contributed by atoms with van der Waals surface area (Å²) in [6, 6.07) is 13.8. The second-order valence-corrected chi connectivity index (χ2v) is 9.03. The number of unbranched alkanes of at least 4 members (excludes halogenated alkanes) is 1. The first-order chi connectivity index (χ1) is 18.1. The molecule has 0 amide bonds. The minimum Gasteiger partial charge on any atom is -0.384 e. The number of anilines is 5. The zero-order valence-corrected chi connectivity index (χ0v) is 21.0. The van der Waals surface area contributed by atoms with Crippen molar-refractivity contribution in [3.05, 3.63) is 65.6 Å². The third-order valence-corrected chi connectivity index (χ3v) is 6.16. The predicted octanol–water partition coefficient (Wildman–Crippen LogP) is 5.10. The Kier molecular flexibility index (Phi) is 8.07. The number of nitrogens with zero attached hydrogens (tertiary/aromatic N) is 5. The van der Waals surface area contributed by atoms with Gasteiger partial charge in [-0.05, 0) is 61.4 Å². The summed E-state index contributed by atoms with van der Waals surface area (Å²) in [5.74, 6) is 1.17. The third-order valence-electron chi connectivity index (χ3n) is 5.92. The number of fused-ring (bicyclic) bond motifs is 1. The zero-order chi connectivity index (χ0) is 25.5. The molecule has 1 saturated heterocycles. The Balaban J connectivity index is 1.18. The second-order valence-electron chi connectivity index (χ2n) is 8.59. The highest BCUT2D eigenvalue weighted by atomic mass is 35.5. The Labute approximate surface area is 219 Å². The van der Waals surface area contributed by atoms with E-state index in [0.717, 1.165) is 36.0 Å². The molecule has 0 saturated carbocycles. The number of halogens is 2. The molecule has 2 aromatic heterocycles. The van der Waals surface area contributed by atoms with Crippen molar-refractivity contribution in [2.75, 3.05) is 60.2 Å². The molecule has 0 atom stereocenters. The van der Waals surface area contributed by atoms with Crippen molar-refractivity contribution in [1.29, 1.82) is 0 Å². The number of benzene rings is 2. The molecule has 11 heteroatoms. The van der Waals surface area contributed by atoms with Crippen LogP contribution in [0.25, 0.3) is 10.9 Å². The van der Waals surface area contributed by atoms with Crippen molar-refractivity contribution < 1.29 is 9.13 Å². The van der Waals surface area contributed by atoms with E-state index in [1.807, 2.05) is 24.3 Å². The lowest BCUT2D eigenvalue weighted by molar-refractivity contribution is 0.122. The number of hydrogen-bond acceptors (Lipinski definition) is 9. The van der Waals surface area contributed by atoms with Crippen LogP contribution in [0.5, 0.6) is 0 Å². The molecule has 2 aromatic carbocycles. The van der Waals surface area contributed by atoms with Crippen LogP contribution in [0.15, 0.2) is 54.7 Å². The van der Waals surface area contributed by atoms with Gasteiger partial charge in [-0.15, -0.1) is 0 Å². The zero-order valence-electron chi connectivity index (χ0n) is 20.3. The number of aromatic nitrogens is 4. The average Bonchev–Trinajstić information content (AvgIpc) is 2.92. The predicted molar refractivity (Wildman–Crippen MR) is 146 cm³/mol. The van der Waals surface area contributed by atoms with E-state index in [9.17, 15) is 4.39 Å². The summed E-state index contributed by atoms with van der Waals surface area (Å²) >= 11 is 6.09.